The molecule has 3 N–H and O–H groups in total. The van der Waals surface area contributed by atoms with E-state index in [2.05, 4.69) is 0 Å². The highest BCUT2D eigenvalue weighted by molar-refractivity contribution is 5.34. The third kappa shape index (κ3) is 2.70. The Bertz CT molecular complexity index is 312. The molecule has 0 fully saturated rings. The van der Waals surface area contributed by atoms with E-state index in [0.717, 1.165) is 12.8 Å². The first-order valence-electron chi connectivity index (χ1n) is 4.83. The molecule has 1 aromatic carbocycles. The quantitative estimate of drug-likeness (QED) is 0.726. The molecule has 0 bridgehead atoms. The van der Waals surface area contributed by atoms with Crippen LogP contribution in [-0.2, 0) is 6.42 Å². The van der Waals surface area contributed by atoms with Gasteiger partial charge < -0.3 is 10.8 Å². The van der Waals surface area contributed by atoms with Gasteiger partial charge in [0.1, 0.15) is 11.6 Å². The highest BCUT2D eigenvalue weighted by atomic mass is 19.1. The van der Waals surface area contributed by atoms with Gasteiger partial charge in [0.2, 0.25) is 0 Å². The van der Waals surface area contributed by atoms with E-state index < -0.39 is 0 Å². The molecule has 0 radical (unpaired) electrons. The van der Waals surface area contributed by atoms with Crippen LogP contribution in [0.2, 0.25) is 0 Å². The monoisotopic (exact) mass is 197 g/mol. The third-order valence-corrected chi connectivity index (χ3v) is 2.21. The standard InChI is InChI=1S/C11H16FNO/c1-8-6-10(14)7-9(11(8)12)4-2-3-5-13/h6-7,14H,2-5,13H2,1H3. The lowest BCUT2D eigenvalue weighted by Gasteiger charge is -2.06. The Labute approximate surface area is 83.6 Å². The summed E-state index contributed by atoms with van der Waals surface area (Å²) in [5.41, 5.74) is 6.42. The molecule has 0 heterocycles. The number of nitrogens with two attached hydrogens (primary N) is 1. The maximum Gasteiger partial charge on any atom is 0.129 e. The average molecular weight is 197 g/mol. The summed E-state index contributed by atoms with van der Waals surface area (Å²) in [6.07, 6.45) is 2.38. The van der Waals surface area contributed by atoms with Crippen molar-refractivity contribution in [1.29, 1.82) is 0 Å². The molecule has 0 aromatic heterocycles. The Morgan fingerprint density at radius 1 is 1.36 bits per heavy atom. The van der Waals surface area contributed by atoms with E-state index in [-0.39, 0.29) is 11.6 Å². The van der Waals surface area contributed by atoms with Crippen molar-refractivity contribution in [2.75, 3.05) is 6.54 Å². The maximum absolute atomic E-state index is 13.5. The molecule has 2 nitrogen and oxygen atoms in total. The second kappa shape index (κ2) is 4.96. The van der Waals surface area contributed by atoms with Gasteiger partial charge in [-0.1, -0.05) is 0 Å². The maximum atomic E-state index is 13.5. The van der Waals surface area contributed by atoms with E-state index in [9.17, 15) is 9.50 Å². The van der Waals surface area contributed by atoms with Gasteiger partial charge in [-0.2, -0.15) is 0 Å². The number of phenols is 1. The van der Waals surface area contributed by atoms with Crippen LogP contribution in [0.1, 0.15) is 24.0 Å². The molecule has 78 valence electrons. The van der Waals surface area contributed by atoms with Crippen LogP contribution in [0.25, 0.3) is 0 Å². The van der Waals surface area contributed by atoms with Crippen LogP contribution in [0.3, 0.4) is 0 Å². The summed E-state index contributed by atoms with van der Waals surface area (Å²) >= 11 is 0. The van der Waals surface area contributed by atoms with Crippen molar-refractivity contribution < 1.29 is 9.50 Å². The molecule has 0 saturated heterocycles. The first kappa shape index (κ1) is 11.0. The van der Waals surface area contributed by atoms with Gasteiger partial charge in [0.15, 0.2) is 0 Å². The van der Waals surface area contributed by atoms with Crippen LogP contribution in [0, 0.1) is 12.7 Å². The first-order chi connectivity index (χ1) is 6.65. The molecule has 1 aromatic rings. The molecule has 0 aliphatic rings. The molecule has 0 aliphatic heterocycles. The van der Waals surface area contributed by atoms with Crippen molar-refractivity contribution in [2.45, 2.75) is 26.2 Å². The zero-order valence-corrected chi connectivity index (χ0v) is 8.39. The largest absolute Gasteiger partial charge is 0.508 e. The van der Waals surface area contributed by atoms with Crippen molar-refractivity contribution in [3.63, 3.8) is 0 Å². The topological polar surface area (TPSA) is 46.2 Å². The molecule has 3 heteroatoms. The van der Waals surface area contributed by atoms with Crippen molar-refractivity contribution in [3.8, 4) is 5.75 Å². The fraction of sp³-hybridized carbons (Fsp3) is 0.455. The van der Waals surface area contributed by atoms with E-state index in [1.165, 1.54) is 12.1 Å². The Morgan fingerprint density at radius 3 is 2.71 bits per heavy atom. The number of rotatable bonds is 4. The number of halogens is 1. The molecule has 0 saturated carbocycles. The minimum atomic E-state index is -0.208. The Kier molecular flexibility index (Phi) is 3.89. The Hall–Kier alpha value is -1.09. The normalized spacial score (nSPS) is 10.5. The lowest BCUT2D eigenvalue weighted by molar-refractivity contribution is 0.470. The molecule has 0 atom stereocenters. The highest BCUT2D eigenvalue weighted by Crippen LogP contribution is 2.21. The lowest BCUT2D eigenvalue weighted by atomic mass is 10.0. The lowest BCUT2D eigenvalue weighted by Crippen LogP contribution is -2.00. The molecule has 1 rings (SSSR count). The van der Waals surface area contributed by atoms with Gasteiger partial charge in [-0.3, -0.25) is 0 Å². The van der Waals surface area contributed by atoms with Gasteiger partial charge in [-0.25, -0.2) is 4.39 Å². The summed E-state index contributed by atoms with van der Waals surface area (Å²) in [5.74, 6) is -0.0773. The van der Waals surface area contributed by atoms with Crippen molar-refractivity contribution >= 4 is 0 Å². The number of aromatic hydroxyl groups is 1. The van der Waals surface area contributed by atoms with Gasteiger partial charge in [-0.15, -0.1) is 0 Å². The van der Waals surface area contributed by atoms with Crippen molar-refractivity contribution in [2.24, 2.45) is 5.73 Å². The number of phenolic OH excluding ortho intramolecular Hbond substituents is 1. The summed E-state index contributed by atoms with van der Waals surface area (Å²) in [4.78, 5) is 0. The predicted molar refractivity (Wildman–Crippen MR) is 54.8 cm³/mol. The average Bonchev–Trinajstić information content (AvgIpc) is 2.13. The summed E-state index contributed by atoms with van der Waals surface area (Å²) in [7, 11) is 0. The van der Waals surface area contributed by atoms with Crippen LogP contribution in [0.4, 0.5) is 4.39 Å². The van der Waals surface area contributed by atoms with Crippen LogP contribution in [0.15, 0.2) is 12.1 Å². The Morgan fingerprint density at radius 2 is 2.07 bits per heavy atom. The zero-order valence-electron chi connectivity index (χ0n) is 8.39. The second-order valence-electron chi connectivity index (χ2n) is 3.48. The van der Waals surface area contributed by atoms with E-state index in [0.29, 0.717) is 24.1 Å². The molecular weight excluding hydrogens is 181 g/mol. The molecule has 0 amide bonds. The van der Waals surface area contributed by atoms with Crippen molar-refractivity contribution in [1.82, 2.24) is 0 Å². The molecule has 14 heavy (non-hydrogen) atoms. The molecule has 0 aliphatic carbocycles. The molecular formula is C11H16FNO. The molecule has 0 unspecified atom stereocenters. The molecule has 0 spiro atoms. The fourth-order valence-electron chi connectivity index (χ4n) is 1.46. The van der Waals surface area contributed by atoms with Crippen molar-refractivity contribution in [3.05, 3.63) is 29.1 Å². The number of benzene rings is 1. The van der Waals surface area contributed by atoms with Crippen LogP contribution in [-0.4, -0.2) is 11.7 Å². The van der Waals surface area contributed by atoms with Crippen LogP contribution < -0.4 is 5.73 Å². The third-order valence-electron chi connectivity index (χ3n) is 2.21. The zero-order chi connectivity index (χ0) is 10.6. The fourth-order valence-corrected chi connectivity index (χ4v) is 1.46. The van der Waals surface area contributed by atoms with Gasteiger partial charge in [-0.05, 0) is 56.0 Å². The summed E-state index contributed by atoms with van der Waals surface area (Å²) in [6, 6.07) is 2.92. The van der Waals surface area contributed by atoms with Gasteiger partial charge in [0.25, 0.3) is 0 Å². The Balaban J connectivity index is 2.75. The van der Waals surface area contributed by atoms with E-state index in [4.69, 9.17) is 5.73 Å². The minimum Gasteiger partial charge on any atom is -0.508 e. The number of aryl methyl sites for hydroxylation is 2. The van der Waals surface area contributed by atoms with E-state index in [1.807, 2.05) is 0 Å². The van der Waals surface area contributed by atoms with Crippen LogP contribution >= 0.6 is 0 Å². The van der Waals surface area contributed by atoms with E-state index in [1.54, 1.807) is 6.92 Å². The van der Waals surface area contributed by atoms with Crippen LogP contribution in [0.5, 0.6) is 5.75 Å². The minimum absolute atomic E-state index is 0.131. The van der Waals surface area contributed by atoms with Gasteiger partial charge >= 0.3 is 0 Å². The SMILES string of the molecule is Cc1cc(O)cc(CCCCN)c1F. The van der Waals surface area contributed by atoms with Gasteiger partial charge in [0.05, 0.1) is 0 Å². The van der Waals surface area contributed by atoms with E-state index >= 15 is 0 Å². The summed E-state index contributed by atoms with van der Waals surface area (Å²) in [5, 5.41) is 9.28. The smallest absolute Gasteiger partial charge is 0.129 e. The number of hydrogen-bond acceptors (Lipinski definition) is 2. The van der Waals surface area contributed by atoms with Gasteiger partial charge in [0, 0.05) is 0 Å². The summed E-state index contributed by atoms with van der Waals surface area (Å²) < 4.78 is 13.5. The predicted octanol–water partition coefficient (Wildman–Crippen LogP) is 2.12. The second-order valence-corrected chi connectivity index (χ2v) is 3.48. The number of hydrogen-bond donors (Lipinski definition) is 2. The first-order valence-corrected chi connectivity index (χ1v) is 4.83. The number of unbranched alkanes of at least 4 members (excludes halogenated alkanes) is 1. The highest BCUT2D eigenvalue weighted by Gasteiger charge is 2.06. The summed E-state index contributed by atoms with van der Waals surface area (Å²) in [6.45, 7) is 2.28.